The largest absolute Gasteiger partial charge is 0.479 e. The van der Waals surface area contributed by atoms with Crippen LogP contribution in [-0.4, -0.2) is 71.3 Å². The van der Waals surface area contributed by atoms with Crippen molar-refractivity contribution < 1.29 is 43.6 Å². The maximum absolute atomic E-state index is 12.4. The number of ketones is 1. The first-order valence-electron chi connectivity index (χ1n) is 8.19. The van der Waals surface area contributed by atoms with Gasteiger partial charge in [-0.1, -0.05) is 0 Å². The van der Waals surface area contributed by atoms with Crippen molar-refractivity contribution in [1.29, 1.82) is 0 Å². The number of likely N-dealkylation sites (N-methyl/N-ethyl adjacent to an activating group) is 1. The number of carboxylic acids is 2. The molecule has 0 heterocycles. The van der Waals surface area contributed by atoms with Crippen LogP contribution in [0.2, 0.25) is 0 Å². The van der Waals surface area contributed by atoms with Crippen molar-refractivity contribution in [2.45, 2.75) is 26.4 Å². The molecular formula is C18H24ClNO9. The molecule has 1 amide bonds. The smallest absolute Gasteiger partial charge is 0.410 e. The minimum absolute atomic E-state index is 0. The van der Waals surface area contributed by atoms with Gasteiger partial charge in [0.1, 0.15) is 5.60 Å². The van der Waals surface area contributed by atoms with Crippen molar-refractivity contribution in [3.05, 3.63) is 23.8 Å². The zero-order valence-electron chi connectivity index (χ0n) is 16.5. The summed E-state index contributed by atoms with van der Waals surface area (Å²) in [5, 5.41) is 17.4. The number of hydrogen-bond acceptors (Lipinski definition) is 7. The van der Waals surface area contributed by atoms with Gasteiger partial charge < -0.3 is 29.3 Å². The number of ether oxygens (including phenoxy) is 3. The molecule has 11 heteroatoms. The second-order valence-corrected chi connectivity index (χ2v) is 6.79. The Bertz CT molecular complexity index is 758. The topological polar surface area (TPSA) is 140 Å². The van der Waals surface area contributed by atoms with Crippen LogP contribution in [0.1, 0.15) is 31.1 Å². The maximum Gasteiger partial charge on any atom is 0.410 e. The van der Waals surface area contributed by atoms with E-state index in [1.54, 1.807) is 20.8 Å². The number of rotatable bonds is 9. The van der Waals surface area contributed by atoms with Gasteiger partial charge in [-0.2, -0.15) is 0 Å². The summed E-state index contributed by atoms with van der Waals surface area (Å²) >= 11 is 0. The Labute approximate surface area is 173 Å². The second kappa shape index (κ2) is 11.1. The lowest BCUT2D eigenvalue weighted by Gasteiger charge is -2.24. The Morgan fingerprint density at radius 1 is 0.966 bits per heavy atom. The van der Waals surface area contributed by atoms with E-state index in [1.165, 1.54) is 25.2 Å². The van der Waals surface area contributed by atoms with E-state index in [0.717, 1.165) is 4.90 Å². The number of hydrogen-bond donors (Lipinski definition) is 2. The van der Waals surface area contributed by atoms with Gasteiger partial charge in [-0.15, -0.1) is 12.4 Å². The molecule has 29 heavy (non-hydrogen) atoms. The summed E-state index contributed by atoms with van der Waals surface area (Å²) in [5.74, 6) is -3.08. The number of amides is 1. The summed E-state index contributed by atoms with van der Waals surface area (Å²) in [5.41, 5.74) is -0.589. The van der Waals surface area contributed by atoms with Crippen molar-refractivity contribution in [3.8, 4) is 11.5 Å². The summed E-state index contributed by atoms with van der Waals surface area (Å²) < 4.78 is 15.3. The van der Waals surface area contributed by atoms with Crippen molar-refractivity contribution in [2.24, 2.45) is 0 Å². The lowest BCUT2D eigenvalue weighted by molar-refractivity contribution is -0.140. The number of carbonyl (C=O) groups is 4. The first kappa shape index (κ1) is 26.0. The van der Waals surface area contributed by atoms with E-state index in [1.807, 2.05) is 0 Å². The van der Waals surface area contributed by atoms with Gasteiger partial charge in [0.2, 0.25) is 0 Å². The highest BCUT2D eigenvalue weighted by molar-refractivity contribution is 5.99. The molecule has 1 aromatic rings. The van der Waals surface area contributed by atoms with Gasteiger partial charge in [0.15, 0.2) is 30.5 Å². The van der Waals surface area contributed by atoms with Gasteiger partial charge >= 0.3 is 18.0 Å². The van der Waals surface area contributed by atoms with E-state index in [-0.39, 0.29) is 36.0 Å². The van der Waals surface area contributed by atoms with Crippen LogP contribution in [0.25, 0.3) is 0 Å². The maximum atomic E-state index is 12.4. The third-order valence-corrected chi connectivity index (χ3v) is 3.05. The second-order valence-electron chi connectivity index (χ2n) is 6.79. The molecule has 162 valence electrons. The van der Waals surface area contributed by atoms with Gasteiger partial charge in [-0.05, 0) is 39.0 Å². The molecule has 0 aliphatic heterocycles. The monoisotopic (exact) mass is 433 g/mol. The number of benzene rings is 1. The molecular weight excluding hydrogens is 410 g/mol. The molecule has 0 radical (unpaired) electrons. The Hall–Kier alpha value is -3.01. The highest BCUT2D eigenvalue weighted by Crippen LogP contribution is 2.29. The zero-order valence-corrected chi connectivity index (χ0v) is 17.3. The minimum atomic E-state index is -1.26. The highest BCUT2D eigenvalue weighted by atomic mass is 35.5. The third kappa shape index (κ3) is 9.65. The van der Waals surface area contributed by atoms with Gasteiger partial charge in [-0.25, -0.2) is 14.4 Å². The van der Waals surface area contributed by atoms with Crippen LogP contribution in [0, 0.1) is 0 Å². The SMILES string of the molecule is CN(CC(=O)c1ccc(OCC(=O)O)c(OCC(=O)O)c1)C(=O)OC(C)(C)C.Cl. The number of halogens is 1. The molecule has 0 aliphatic rings. The molecule has 0 saturated carbocycles. The van der Waals surface area contributed by atoms with Gasteiger partial charge in [0.25, 0.3) is 0 Å². The molecule has 1 aromatic carbocycles. The van der Waals surface area contributed by atoms with Crippen LogP contribution in [0.3, 0.4) is 0 Å². The average Bonchev–Trinajstić information content (AvgIpc) is 2.56. The van der Waals surface area contributed by atoms with Crippen LogP contribution in [0.15, 0.2) is 18.2 Å². The van der Waals surface area contributed by atoms with E-state index < -0.39 is 42.6 Å². The van der Waals surface area contributed by atoms with Crippen LogP contribution >= 0.6 is 12.4 Å². The van der Waals surface area contributed by atoms with E-state index in [4.69, 9.17) is 24.4 Å². The Kier molecular flexibility index (Phi) is 9.95. The van der Waals surface area contributed by atoms with E-state index in [2.05, 4.69) is 0 Å². The summed E-state index contributed by atoms with van der Waals surface area (Å²) in [6, 6.07) is 3.88. The molecule has 2 N–H and O–H groups in total. The Morgan fingerprint density at radius 2 is 1.48 bits per heavy atom. The molecule has 0 unspecified atom stereocenters. The van der Waals surface area contributed by atoms with E-state index in [9.17, 15) is 19.2 Å². The molecule has 0 atom stereocenters. The normalized spacial score (nSPS) is 10.3. The average molecular weight is 434 g/mol. The zero-order chi connectivity index (χ0) is 21.5. The predicted molar refractivity (Wildman–Crippen MR) is 103 cm³/mol. The van der Waals surface area contributed by atoms with Crippen LogP contribution < -0.4 is 9.47 Å². The molecule has 0 saturated heterocycles. The number of carbonyl (C=O) groups excluding carboxylic acids is 2. The summed E-state index contributed by atoms with van der Waals surface area (Å²) in [4.78, 5) is 46.9. The van der Waals surface area contributed by atoms with E-state index >= 15 is 0 Å². The number of nitrogens with zero attached hydrogens (tertiary/aromatic N) is 1. The van der Waals surface area contributed by atoms with Crippen molar-refractivity contribution in [3.63, 3.8) is 0 Å². The summed E-state index contributed by atoms with van der Waals surface area (Å²) in [7, 11) is 1.40. The lowest BCUT2D eigenvalue weighted by Crippen LogP contribution is -2.37. The number of Topliss-reactive ketones (excluding diaryl/α,β-unsaturated/α-hetero) is 1. The Balaban J connectivity index is 0.00000784. The van der Waals surface area contributed by atoms with Crippen LogP contribution in [-0.2, 0) is 14.3 Å². The lowest BCUT2D eigenvalue weighted by atomic mass is 10.1. The van der Waals surface area contributed by atoms with E-state index in [0.29, 0.717) is 0 Å². The number of carboxylic acid groups (broad SMARTS) is 2. The van der Waals surface area contributed by atoms with Crippen molar-refractivity contribution in [1.82, 2.24) is 4.90 Å². The molecule has 0 bridgehead atoms. The molecule has 10 nitrogen and oxygen atoms in total. The molecule has 0 spiro atoms. The van der Waals surface area contributed by atoms with Gasteiger partial charge in [0.05, 0.1) is 6.54 Å². The van der Waals surface area contributed by atoms with Crippen LogP contribution in [0.4, 0.5) is 4.79 Å². The fourth-order valence-corrected chi connectivity index (χ4v) is 1.90. The molecule has 1 rings (SSSR count). The summed E-state index contributed by atoms with van der Waals surface area (Å²) in [6.07, 6.45) is -0.676. The summed E-state index contributed by atoms with van der Waals surface area (Å²) in [6.45, 7) is 3.42. The molecule has 0 fully saturated rings. The predicted octanol–water partition coefficient (Wildman–Crippen LogP) is 2.08. The number of aliphatic carboxylic acids is 2. The van der Waals surface area contributed by atoms with Gasteiger partial charge in [-0.3, -0.25) is 4.79 Å². The highest BCUT2D eigenvalue weighted by Gasteiger charge is 2.22. The van der Waals surface area contributed by atoms with Crippen LogP contribution in [0.5, 0.6) is 11.5 Å². The molecule has 0 aromatic heterocycles. The van der Waals surface area contributed by atoms with Crippen molar-refractivity contribution in [2.75, 3.05) is 26.8 Å². The standard InChI is InChI=1S/C18H23NO9.ClH/c1-18(2,3)28-17(25)19(4)8-12(20)11-5-6-13(26-9-15(21)22)14(7-11)27-10-16(23)24;/h5-7H,8-10H2,1-4H3,(H,21,22)(H,23,24);1H. The Morgan fingerprint density at radius 3 is 1.97 bits per heavy atom. The van der Waals surface area contributed by atoms with Crippen molar-refractivity contribution >= 4 is 36.2 Å². The molecule has 0 aliphatic carbocycles. The quantitative estimate of drug-likeness (QED) is 0.560. The third-order valence-electron chi connectivity index (χ3n) is 3.05. The first-order valence-corrected chi connectivity index (χ1v) is 8.19. The first-order chi connectivity index (χ1) is 12.9. The van der Waals surface area contributed by atoms with Gasteiger partial charge in [0, 0.05) is 12.6 Å². The fourth-order valence-electron chi connectivity index (χ4n) is 1.90. The minimum Gasteiger partial charge on any atom is -0.479 e. The fraction of sp³-hybridized carbons (Fsp3) is 0.444.